The molecule has 0 aromatic carbocycles. The molecular weight excluding hydrogens is 327 g/mol. The number of fused-ring (bicyclic) bond motifs is 2. The van der Waals surface area contributed by atoms with E-state index >= 15 is 0 Å². The zero-order valence-electron chi connectivity index (χ0n) is 11.8. The van der Waals surface area contributed by atoms with Crippen LogP contribution in [0.5, 0.6) is 0 Å². The van der Waals surface area contributed by atoms with Crippen molar-refractivity contribution in [2.45, 2.75) is 13.8 Å². The summed E-state index contributed by atoms with van der Waals surface area (Å²) in [6.45, 7) is 4.18. The minimum atomic E-state index is 0.170. The molecule has 0 amide bonds. The van der Waals surface area contributed by atoms with E-state index in [4.69, 9.17) is 0 Å². The van der Waals surface area contributed by atoms with E-state index in [0.29, 0.717) is 0 Å². The maximum atomic E-state index is 4.50. The van der Waals surface area contributed by atoms with E-state index in [-0.39, 0.29) is 15.0 Å². The Hall–Kier alpha value is -2.10. The molecule has 0 fully saturated rings. The second-order valence-corrected chi connectivity index (χ2v) is 7.34. The second kappa shape index (κ2) is 4.72. The Morgan fingerprint density at radius 1 is 0.810 bits per heavy atom. The van der Waals surface area contributed by atoms with Gasteiger partial charge in [0, 0.05) is 0 Å². The van der Waals surface area contributed by atoms with Gasteiger partial charge in [-0.05, 0) is 0 Å². The third-order valence-corrected chi connectivity index (χ3v) is 5.62. The topological polar surface area (TPSA) is 34.6 Å². The molecule has 0 aliphatic heterocycles. The quantitative estimate of drug-likeness (QED) is 0.515. The van der Waals surface area contributed by atoms with Gasteiger partial charge < -0.3 is 0 Å². The van der Waals surface area contributed by atoms with E-state index in [1.807, 2.05) is 12.4 Å². The van der Waals surface area contributed by atoms with Gasteiger partial charge >= 0.3 is 128 Å². The molecular formula is C16H14N4Se. The molecule has 0 saturated heterocycles. The SMILES string of the molecule is Cc1ccn2c([Se]c3cnc4cc(C)ccn34)cnc2c1. The number of aromatic nitrogens is 4. The van der Waals surface area contributed by atoms with Crippen LogP contribution >= 0.6 is 0 Å². The van der Waals surface area contributed by atoms with Gasteiger partial charge in [0.15, 0.2) is 0 Å². The Morgan fingerprint density at radius 3 is 1.76 bits per heavy atom. The van der Waals surface area contributed by atoms with Crippen LogP contribution in [0, 0.1) is 13.8 Å². The summed E-state index contributed by atoms with van der Waals surface area (Å²) in [5.41, 5.74) is 4.49. The summed E-state index contributed by atoms with van der Waals surface area (Å²) in [5, 5.41) is 0. The van der Waals surface area contributed by atoms with Crippen molar-refractivity contribution in [3.05, 3.63) is 60.2 Å². The van der Waals surface area contributed by atoms with Gasteiger partial charge in [-0.25, -0.2) is 0 Å². The number of rotatable bonds is 2. The summed E-state index contributed by atoms with van der Waals surface area (Å²) in [4.78, 5) is 9.01. The van der Waals surface area contributed by atoms with Gasteiger partial charge in [-0.1, -0.05) is 0 Å². The van der Waals surface area contributed by atoms with Crippen LogP contribution in [-0.2, 0) is 0 Å². The van der Waals surface area contributed by atoms with Crippen LogP contribution in [0.25, 0.3) is 11.3 Å². The molecule has 5 heteroatoms. The van der Waals surface area contributed by atoms with Crippen molar-refractivity contribution >= 4 is 35.4 Å². The van der Waals surface area contributed by atoms with Gasteiger partial charge in [-0.2, -0.15) is 0 Å². The van der Waals surface area contributed by atoms with Crippen molar-refractivity contribution in [2.75, 3.05) is 0 Å². The Balaban J connectivity index is 1.79. The molecule has 4 aromatic rings. The number of hydrogen-bond donors (Lipinski definition) is 0. The van der Waals surface area contributed by atoms with E-state index in [0.717, 1.165) is 11.3 Å². The second-order valence-electron chi connectivity index (χ2n) is 5.16. The van der Waals surface area contributed by atoms with Crippen molar-refractivity contribution in [2.24, 2.45) is 0 Å². The average Bonchev–Trinajstić information content (AvgIpc) is 3.03. The van der Waals surface area contributed by atoms with Gasteiger partial charge in [0.05, 0.1) is 0 Å². The van der Waals surface area contributed by atoms with Crippen molar-refractivity contribution in [1.82, 2.24) is 18.8 Å². The van der Waals surface area contributed by atoms with Crippen LogP contribution in [0.15, 0.2) is 49.1 Å². The van der Waals surface area contributed by atoms with E-state index < -0.39 is 0 Å². The molecule has 0 spiro atoms. The third kappa shape index (κ3) is 2.15. The fraction of sp³-hybridized carbons (Fsp3) is 0.125. The van der Waals surface area contributed by atoms with Gasteiger partial charge in [-0.15, -0.1) is 0 Å². The molecule has 0 atom stereocenters. The summed E-state index contributed by atoms with van der Waals surface area (Å²) in [6, 6.07) is 8.45. The minimum absolute atomic E-state index is 0.170. The van der Waals surface area contributed by atoms with Gasteiger partial charge in [-0.3, -0.25) is 0 Å². The van der Waals surface area contributed by atoms with Crippen LogP contribution in [0.3, 0.4) is 0 Å². The van der Waals surface area contributed by atoms with Crippen LogP contribution in [0.2, 0.25) is 0 Å². The Kier molecular flexibility index (Phi) is 2.84. The Labute approximate surface area is 128 Å². The molecule has 0 unspecified atom stereocenters. The first-order valence-electron chi connectivity index (χ1n) is 6.76. The molecule has 0 saturated carbocycles. The number of imidazole rings is 2. The summed E-state index contributed by atoms with van der Waals surface area (Å²) in [6.07, 6.45) is 8.15. The molecule has 0 N–H and O–H groups in total. The molecule has 0 radical (unpaired) electrons. The van der Waals surface area contributed by atoms with Crippen LogP contribution in [0.4, 0.5) is 0 Å². The number of hydrogen-bond acceptors (Lipinski definition) is 2. The number of nitrogens with zero attached hydrogens (tertiary/aromatic N) is 4. The summed E-state index contributed by atoms with van der Waals surface area (Å²) >= 11 is 0.170. The molecule has 4 rings (SSSR count). The normalized spacial score (nSPS) is 11.5. The first-order valence-corrected chi connectivity index (χ1v) is 8.47. The van der Waals surface area contributed by atoms with Crippen molar-refractivity contribution in [1.29, 1.82) is 0 Å². The Bertz CT molecular complexity index is 873. The molecule has 0 aliphatic rings. The van der Waals surface area contributed by atoms with Crippen molar-refractivity contribution < 1.29 is 0 Å². The molecule has 104 valence electrons. The first kappa shape index (κ1) is 12.6. The van der Waals surface area contributed by atoms with Crippen LogP contribution in [-0.4, -0.2) is 33.7 Å². The Morgan fingerprint density at radius 2 is 1.29 bits per heavy atom. The average molecular weight is 341 g/mol. The molecule has 4 aromatic heterocycles. The first-order chi connectivity index (χ1) is 10.2. The standard InChI is InChI=1S/C16H14N4Se/c1-11-3-5-19-13(7-11)17-9-15(19)21-16-10-18-14-8-12(2)4-6-20(14)16/h3-10H,1-2H3. The molecule has 0 aliphatic carbocycles. The van der Waals surface area contributed by atoms with Crippen molar-refractivity contribution in [3.63, 3.8) is 0 Å². The van der Waals surface area contributed by atoms with Gasteiger partial charge in [0.25, 0.3) is 0 Å². The van der Waals surface area contributed by atoms with Crippen LogP contribution < -0.4 is 9.18 Å². The predicted molar refractivity (Wildman–Crippen MR) is 84.9 cm³/mol. The summed E-state index contributed by atoms with van der Waals surface area (Å²) in [5.74, 6) is 0. The summed E-state index contributed by atoms with van der Waals surface area (Å²) in [7, 11) is 0. The molecule has 4 heterocycles. The van der Waals surface area contributed by atoms with E-state index in [2.05, 4.69) is 69.3 Å². The molecule has 0 bridgehead atoms. The fourth-order valence-electron chi connectivity index (χ4n) is 2.38. The predicted octanol–water partition coefficient (Wildman–Crippen LogP) is 1.25. The van der Waals surface area contributed by atoms with E-state index in [9.17, 15) is 0 Å². The summed E-state index contributed by atoms with van der Waals surface area (Å²) < 4.78 is 6.81. The third-order valence-electron chi connectivity index (χ3n) is 3.48. The molecule has 4 nitrogen and oxygen atoms in total. The van der Waals surface area contributed by atoms with Gasteiger partial charge in [0.2, 0.25) is 0 Å². The molecule has 21 heavy (non-hydrogen) atoms. The fourth-order valence-corrected chi connectivity index (χ4v) is 4.33. The zero-order valence-corrected chi connectivity index (χ0v) is 13.5. The number of pyridine rings is 2. The monoisotopic (exact) mass is 342 g/mol. The maximum absolute atomic E-state index is 4.50. The number of aryl methyl sites for hydroxylation is 2. The van der Waals surface area contributed by atoms with E-state index in [1.54, 1.807) is 0 Å². The zero-order chi connectivity index (χ0) is 14.4. The van der Waals surface area contributed by atoms with Crippen molar-refractivity contribution in [3.8, 4) is 0 Å². The van der Waals surface area contributed by atoms with Crippen LogP contribution in [0.1, 0.15) is 11.1 Å². The van der Waals surface area contributed by atoms with Gasteiger partial charge in [0.1, 0.15) is 0 Å². The van der Waals surface area contributed by atoms with E-state index in [1.165, 1.54) is 20.3 Å².